The van der Waals surface area contributed by atoms with Crippen LogP contribution in [0, 0.1) is 38.0 Å². The standard InChI is InChI=1S/C20H28N2O2/c1-12-8-13(2)19(14(3)9-12)24-11-18(23)22-21-17-10-15-6-7-16(17)20(15,4)5/h8-9,15-16H,6-7,10-11H2,1-5H3,(H,22,23)/b21-17-/t15-,16-/m1/s1. The molecule has 2 atom stereocenters. The minimum absolute atomic E-state index is 0.000983. The van der Waals surface area contributed by atoms with Gasteiger partial charge in [-0.2, -0.15) is 5.10 Å². The molecule has 130 valence electrons. The normalized spacial score (nSPS) is 26.0. The largest absolute Gasteiger partial charge is 0.483 e. The minimum Gasteiger partial charge on any atom is -0.483 e. The number of aryl methyl sites for hydroxylation is 3. The molecule has 0 unspecified atom stereocenters. The Balaban J connectivity index is 1.57. The molecule has 0 radical (unpaired) electrons. The van der Waals surface area contributed by atoms with E-state index in [9.17, 15) is 4.79 Å². The molecular formula is C20H28N2O2. The smallest absolute Gasteiger partial charge is 0.277 e. The third kappa shape index (κ3) is 3.06. The van der Waals surface area contributed by atoms with Crippen LogP contribution in [0.2, 0.25) is 0 Å². The number of ether oxygens (including phenoxy) is 1. The van der Waals surface area contributed by atoms with Crippen molar-refractivity contribution in [2.24, 2.45) is 22.4 Å². The quantitative estimate of drug-likeness (QED) is 0.852. The summed E-state index contributed by atoms with van der Waals surface area (Å²) in [5.41, 5.74) is 7.50. The van der Waals surface area contributed by atoms with E-state index in [2.05, 4.69) is 43.4 Å². The minimum atomic E-state index is -0.192. The molecule has 4 nitrogen and oxygen atoms in total. The van der Waals surface area contributed by atoms with Gasteiger partial charge in [0.05, 0.1) is 0 Å². The number of carbonyl (C=O) groups is 1. The van der Waals surface area contributed by atoms with Gasteiger partial charge in [-0.25, -0.2) is 5.43 Å². The Morgan fingerprint density at radius 2 is 1.92 bits per heavy atom. The first-order valence-corrected chi connectivity index (χ1v) is 8.85. The van der Waals surface area contributed by atoms with Crippen molar-refractivity contribution in [2.75, 3.05) is 6.61 Å². The molecule has 2 bridgehead atoms. The van der Waals surface area contributed by atoms with E-state index < -0.39 is 0 Å². The van der Waals surface area contributed by atoms with E-state index in [4.69, 9.17) is 4.74 Å². The van der Waals surface area contributed by atoms with Gasteiger partial charge in [-0.15, -0.1) is 0 Å². The van der Waals surface area contributed by atoms with Crippen molar-refractivity contribution in [1.82, 2.24) is 5.43 Å². The first-order chi connectivity index (χ1) is 11.3. The van der Waals surface area contributed by atoms with Crippen molar-refractivity contribution >= 4 is 11.6 Å². The number of benzene rings is 1. The zero-order valence-corrected chi connectivity index (χ0v) is 15.4. The summed E-state index contributed by atoms with van der Waals surface area (Å²) in [6, 6.07) is 4.13. The Labute approximate surface area is 144 Å². The van der Waals surface area contributed by atoms with Crippen molar-refractivity contribution < 1.29 is 9.53 Å². The Kier molecular flexibility index (Phi) is 4.41. The van der Waals surface area contributed by atoms with E-state index in [0.717, 1.165) is 29.0 Å². The second-order valence-corrected chi connectivity index (χ2v) is 8.01. The van der Waals surface area contributed by atoms with E-state index in [1.54, 1.807) is 0 Å². The molecule has 4 heteroatoms. The van der Waals surface area contributed by atoms with Crippen molar-refractivity contribution in [3.63, 3.8) is 0 Å². The van der Waals surface area contributed by atoms with Crippen LogP contribution in [0.1, 0.15) is 49.8 Å². The van der Waals surface area contributed by atoms with Crippen LogP contribution in [-0.4, -0.2) is 18.2 Å². The van der Waals surface area contributed by atoms with Crippen LogP contribution in [0.5, 0.6) is 5.75 Å². The van der Waals surface area contributed by atoms with Crippen LogP contribution in [-0.2, 0) is 4.79 Å². The number of fused-ring (bicyclic) bond motifs is 2. The fraction of sp³-hybridized carbons (Fsp3) is 0.600. The van der Waals surface area contributed by atoms with E-state index in [1.807, 2.05) is 13.8 Å². The zero-order valence-electron chi connectivity index (χ0n) is 15.4. The van der Waals surface area contributed by atoms with Gasteiger partial charge in [-0.1, -0.05) is 31.5 Å². The van der Waals surface area contributed by atoms with Crippen LogP contribution in [0.3, 0.4) is 0 Å². The van der Waals surface area contributed by atoms with E-state index >= 15 is 0 Å². The maximum absolute atomic E-state index is 12.1. The van der Waals surface area contributed by atoms with Crippen LogP contribution in [0.15, 0.2) is 17.2 Å². The van der Waals surface area contributed by atoms with Crippen molar-refractivity contribution in [3.05, 3.63) is 28.8 Å². The zero-order chi connectivity index (χ0) is 17.5. The number of amides is 1. The molecule has 2 aliphatic carbocycles. The van der Waals surface area contributed by atoms with Crippen molar-refractivity contribution in [1.29, 1.82) is 0 Å². The number of hydrogen-bond acceptors (Lipinski definition) is 3. The Morgan fingerprint density at radius 1 is 1.25 bits per heavy atom. The lowest BCUT2D eigenvalue weighted by Gasteiger charge is -2.22. The Morgan fingerprint density at radius 3 is 2.46 bits per heavy atom. The number of rotatable bonds is 4. The summed E-state index contributed by atoms with van der Waals surface area (Å²) in [6.07, 6.45) is 3.51. The average molecular weight is 328 g/mol. The van der Waals surface area contributed by atoms with E-state index in [1.165, 1.54) is 18.4 Å². The molecule has 0 saturated heterocycles. The molecule has 0 aromatic heterocycles. The maximum Gasteiger partial charge on any atom is 0.277 e. The van der Waals surface area contributed by atoms with Crippen LogP contribution >= 0.6 is 0 Å². The first-order valence-electron chi connectivity index (χ1n) is 8.85. The molecule has 2 fully saturated rings. The number of nitrogens with zero attached hydrogens (tertiary/aromatic N) is 1. The SMILES string of the molecule is Cc1cc(C)c(OCC(=O)N/N=C2/C[C@H]3CC[C@H]2C3(C)C)c(C)c1. The van der Waals surface area contributed by atoms with Gasteiger partial charge in [-0.3, -0.25) is 4.79 Å². The van der Waals surface area contributed by atoms with Gasteiger partial charge >= 0.3 is 0 Å². The fourth-order valence-electron chi connectivity index (χ4n) is 4.57. The van der Waals surface area contributed by atoms with Gasteiger partial charge in [0.25, 0.3) is 5.91 Å². The van der Waals surface area contributed by atoms with Gasteiger partial charge < -0.3 is 4.74 Å². The van der Waals surface area contributed by atoms with Crippen LogP contribution in [0.4, 0.5) is 0 Å². The van der Waals surface area contributed by atoms with E-state index in [0.29, 0.717) is 17.3 Å². The average Bonchev–Trinajstić information content (AvgIpc) is 2.91. The van der Waals surface area contributed by atoms with Crippen LogP contribution < -0.4 is 10.2 Å². The highest BCUT2D eigenvalue weighted by Crippen LogP contribution is 2.55. The predicted molar refractivity (Wildman–Crippen MR) is 96.3 cm³/mol. The van der Waals surface area contributed by atoms with Crippen LogP contribution in [0.25, 0.3) is 0 Å². The molecule has 2 aliphatic rings. The maximum atomic E-state index is 12.1. The van der Waals surface area contributed by atoms with Gasteiger partial charge in [0.1, 0.15) is 5.75 Å². The Bertz CT molecular complexity index is 668. The highest BCUT2D eigenvalue weighted by Gasteiger charge is 2.51. The fourth-order valence-corrected chi connectivity index (χ4v) is 4.57. The number of hydrazone groups is 1. The summed E-state index contributed by atoms with van der Waals surface area (Å²) in [5, 5.41) is 4.41. The van der Waals surface area contributed by atoms with E-state index in [-0.39, 0.29) is 12.5 Å². The van der Waals surface area contributed by atoms with Gasteiger partial charge in [0.2, 0.25) is 0 Å². The highest BCUT2D eigenvalue weighted by molar-refractivity contribution is 5.92. The molecule has 0 heterocycles. The lowest BCUT2D eigenvalue weighted by atomic mass is 9.82. The number of nitrogens with one attached hydrogen (secondary N) is 1. The van der Waals surface area contributed by atoms with Gasteiger partial charge in [0, 0.05) is 11.6 Å². The topological polar surface area (TPSA) is 50.7 Å². The molecule has 0 aliphatic heterocycles. The molecule has 1 N–H and O–H groups in total. The first kappa shape index (κ1) is 17.0. The van der Waals surface area contributed by atoms with Gasteiger partial charge in [-0.05, 0) is 62.5 Å². The van der Waals surface area contributed by atoms with Crippen molar-refractivity contribution in [2.45, 2.75) is 53.9 Å². The summed E-state index contributed by atoms with van der Waals surface area (Å²) in [7, 11) is 0. The molecule has 3 rings (SSSR count). The molecule has 1 aromatic carbocycles. The number of carbonyl (C=O) groups excluding carboxylic acids is 1. The lowest BCUT2D eigenvalue weighted by molar-refractivity contribution is -0.123. The third-order valence-corrected chi connectivity index (χ3v) is 5.89. The second kappa shape index (κ2) is 6.23. The summed E-state index contributed by atoms with van der Waals surface area (Å²) >= 11 is 0. The molecule has 24 heavy (non-hydrogen) atoms. The lowest BCUT2D eigenvalue weighted by Crippen LogP contribution is -2.28. The molecule has 1 amide bonds. The summed E-state index contributed by atoms with van der Waals surface area (Å²) < 4.78 is 5.72. The number of hydrogen-bond donors (Lipinski definition) is 1. The summed E-state index contributed by atoms with van der Waals surface area (Å²) in [6.45, 7) is 10.7. The molecule has 1 aromatic rings. The second-order valence-electron chi connectivity index (χ2n) is 8.01. The van der Waals surface area contributed by atoms with Gasteiger partial charge in [0.15, 0.2) is 6.61 Å². The monoisotopic (exact) mass is 328 g/mol. The van der Waals surface area contributed by atoms with Crippen molar-refractivity contribution in [3.8, 4) is 5.75 Å². The highest BCUT2D eigenvalue weighted by atomic mass is 16.5. The third-order valence-electron chi connectivity index (χ3n) is 5.89. The molecular weight excluding hydrogens is 300 g/mol. The molecule has 0 spiro atoms. The Hall–Kier alpha value is -1.84. The predicted octanol–water partition coefficient (Wildman–Crippen LogP) is 3.92. The molecule has 2 saturated carbocycles. The summed E-state index contributed by atoms with van der Waals surface area (Å²) in [5.74, 6) is 1.84. The summed E-state index contributed by atoms with van der Waals surface area (Å²) in [4.78, 5) is 12.1.